The summed E-state index contributed by atoms with van der Waals surface area (Å²) in [5.41, 5.74) is 3.32. The van der Waals surface area contributed by atoms with E-state index in [1.54, 1.807) is 13.2 Å². The standard InChI is InChI=1S/C31H21BrN4O3S/c1-39-22-11-8-18(9-12-22)26-16-25(20-7-6-17-4-2-3-5-19(17)14-20)35-36(26)31-34-30(38)28(40-31)27-23-15-21(32)10-13-24(23)33-29(27)37/h2-15,26,38H,16H2,1H3. The fraction of sp³-hybridized carbons (Fsp3) is 0.0968. The molecule has 40 heavy (non-hydrogen) atoms. The Balaban J connectivity index is 1.34. The zero-order valence-electron chi connectivity index (χ0n) is 21.2. The van der Waals surface area contributed by atoms with Crippen LogP contribution in [0.15, 0.2) is 99.5 Å². The number of hydrazone groups is 1. The third-order valence-corrected chi connectivity index (χ3v) is 8.72. The summed E-state index contributed by atoms with van der Waals surface area (Å²) in [6.07, 6.45) is 0.640. The molecule has 0 aliphatic carbocycles. The van der Waals surface area contributed by atoms with Crippen molar-refractivity contribution in [1.29, 1.82) is 0 Å². The molecule has 5 aromatic rings. The third kappa shape index (κ3) is 4.18. The zero-order chi connectivity index (χ0) is 27.4. The summed E-state index contributed by atoms with van der Waals surface area (Å²) in [6.45, 7) is 0. The van der Waals surface area contributed by atoms with E-state index < -0.39 is 5.91 Å². The van der Waals surface area contributed by atoms with Gasteiger partial charge in [-0.05, 0) is 58.3 Å². The first-order chi connectivity index (χ1) is 19.5. The Hall–Kier alpha value is -4.34. The van der Waals surface area contributed by atoms with E-state index in [1.807, 2.05) is 53.5 Å². The van der Waals surface area contributed by atoms with Gasteiger partial charge in [0.1, 0.15) is 10.6 Å². The number of nitrogens with zero attached hydrogens (tertiary/aromatic N) is 4. The molecule has 9 heteroatoms. The molecule has 3 heterocycles. The van der Waals surface area contributed by atoms with Crippen LogP contribution in [0.4, 0.5) is 5.13 Å². The molecular formula is C31H21BrN4O3S. The van der Waals surface area contributed by atoms with Crippen LogP contribution in [0, 0.1) is 0 Å². The van der Waals surface area contributed by atoms with Gasteiger partial charge in [-0.2, -0.15) is 10.1 Å². The number of hydrogen-bond donors (Lipinski definition) is 1. The largest absolute Gasteiger partial charge is 0.497 e. The number of aromatic nitrogens is 1. The highest BCUT2D eigenvalue weighted by Gasteiger charge is 2.34. The number of rotatable bonds is 5. The fourth-order valence-corrected chi connectivity index (χ4v) is 6.56. The van der Waals surface area contributed by atoms with Crippen LogP contribution in [0.1, 0.15) is 28.5 Å². The maximum Gasteiger partial charge on any atom is 0.279 e. The normalized spacial score (nSPS) is 16.3. The van der Waals surface area contributed by atoms with Crippen LogP contribution in [-0.4, -0.2) is 28.8 Å². The average Bonchev–Trinajstić information content (AvgIpc) is 3.67. The van der Waals surface area contributed by atoms with E-state index in [-0.39, 0.29) is 11.9 Å². The van der Waals surface area contributed by atoms with Crippen LogP contribution in [0.25, 0.3) is 16.3 Å². The molecule has 1 N–H and O–H groups in total. The smallest absolute Gasteiger partial charge is 0.279 e. The molecule has 0 saturated carbocycles. The van der Waals surface area contributed by atoms with Crippen LogP contribution in [0.2, 0.25) is 0 Å². The van der Waals surface area contributed by atoms with Crippen LogP contribution < -0.4 is 20.3 Å². The van der Waals surface area contributed by atoms with E-state index in [0.717, 1.165) is 32.4 Å². The van der Waals surface area contributed by atoms with Gasteiger partial charge in [-0.15, -0.1) is 0 Å². The highest BCUT2D eigenvalue weighted by atomic mass is 79.9. The maximum atomic E-state index is 12.9. The monoisotopic (exact) mass is 608 g/mol. The van der Waals surface area contributed by atoms with Gasteiger partial charge < -0.3 is 9.84 Å². The van der Waals surface area contributed by atoms with Gasteiger partial charge in [0.05, 0.1) is 29.8 Å². The van der Waals surface area contributed by atoms with Crippen molar-refractivity contribution in [3.63, 3.8) is 0 Å². The molecule has 1 atom stereocenters. The highest BCUT2D eigenvalue weighted by molar-refractivity contribution is 9.10. The van der Waals surface area contributed by atoms with E-state index in [4.69, 9.17) is 9.84 Å². The Kier molecular flexibility index (Phi) is 5.98. The van der Waals surface area contributed by atoms with Crippen molar-refractivity contribution in [2.45, 2.75) is 12.5 Å². The second kappa shape index (κ2) is 9.69. The minimum atomic E-state index is -0.396. The lowest BCUT2D eigenvalue weighted by molar-refractivity contribution is -0.112. The number of carbonyl (C=O) groups excluding carboxylic acids is 1. The molecular weight excluding hydrogens is 588 g/mol. The summed E-state index contributed by atoms with van der Waals surface area (Å²) in [5, 5.41) is 21.9. The van der Waals surface area contributed by atoms with Crippen molar-refractivity contribution in [1.82, 2.24) is 4.98 Å². The Bertz CT molecular complexity index is 1980. The van der Waals surface area contributed by atoms with Crippen molar-refractivity contribution in [3.05, 3.63) is 116 Å². The van der Waals surface area contributed by atoms with Gasteiger partial charge in [-0.1, -0.05) is 75.8 Å². The lowest BCUT2D eigenvalue weighted by atomic mass is 9.97. The number of benzene rings is 4. The first-order valence-electron chi connectivity index (χ1n) is 12.6. The maximum absolute atomic E-state index is 12.9. The fourth-order valence-electron chi connectivity index (χ4n) is 5.18. The number of amides is 1. The van der Waals surface area contributed by atoms with Gasteiger partial charge in [0.15, 0.2) is 0 Å². The first kappa shape index (κ1) is 24.7. The number of thiazole rings is 1. The predicted molar refractivity (Wildman–Crippen MR) is 160 cm³/mol. The van der Waals surface area contributed by atoms with Crippen molar-refractivity contribution >= 4 is 60.4 Å². The number of fused-ring (bicyclic) bond motifs is 2. The van der Waals surface area contributed by atoms with Gasteiger partial charge in [-0.3, -0.25) is 4.79 Å². The van der Waals surface area contributed by atoms with Crippen LogP contribution >= 0.6 is 27.3 Å². The number of ether oxygens (including phenoxy) is 1. The number of methoxy groups -OCH3 is 1. The van der Waals surface area contributed by atoms with Gasteiger partial charge in [0.25, 0.3) is 5.91 Å². The van der Waals surface area contributed by atoms with Gasteiger partial charge in [0.2, 0.25) is 11.0 Å². The van der Waals surface area contributed by atoms with Gasteiger partial charge in [-0.25, -0.2) is 10.0 Å². The summed E-state index contributed by atoms with van der Waals surface area (Å²) in [4.78, 5) is 22.0. The number of anilines is 1. The molecule has 1 amide bonds. The summed E-state index contributed by atoms with van der Waals surface area (Å²) >= 11 is 4.71. The van der Waals surface area contributed by atoms with E-state index in [2.05, 4.69) is 56.2 Å². The van der Waals surface area contributed by atoms with Crippen LogP contribution in [-0.2, 0) is 4.79 Å². The molecule has 0 saturated heterocycles. The summed E-state index contributed by atoms with van der Waals surface area (Å²) in [6, 6.07) is 27.8. The molecule has 7 rings (SSSR count). The predicted octanol–water partition coefficient (Wildman–Crippen LogP) is 5.49. The van der Waals surface area contributed by atoms with E-state index in [9.17, 15) is 9.90 Å². The number of carbonyl (C=O) groups is 1. The van der Waals surface area contributed by atoms with Crippen molar-refractivity contribution in [2.75, 3.05) is 12.1 Å². The average molecular weight is 610 g/mol. The second-order valence-corrected chi connectivity index (χ2v) is 11.4. The quantitative estimate of drug-likeness (QED) is 0.285. The molecule has 0 radical (unpaired) electrons. The number of hydrogen-bond acceptors (Lipinski definition) is 7. The highest BCUT2D eigenvalue weighted by Crippen LogP contribution is 2.43. The number of halogens is 1. The minimum Gasteiger partial charge on any atom is -0.497 e. The third-order valence-electron chi connectivity index (χ3n) is 7.18. The molecule has 0 spiro atoms. The molecule has 0 fully saturated rings. The Morgan fingerprint density at radius 2 is 1.80 bits per heavy atom. The molecule has 4 aromatic carbocycles. The molecule has 7 nitrogen and oxygen atoms in total. The van der Waals surface area contributed by atoms with Gasteiger partial charge >= 0.3 is 0 Å². The van der Waals surface area contributed by atoms with Crippen molar-refractivity contribution < 1.29 is 14.6 Å². The minimum absolute atomic E-state index is 0.166. The summed E-state index contributed by atoms with van der Waals surface area (Å²) in [5.74, 6) is 0.157. The molecule has 2 aliphatic rings. The Morgan fingerprint density at radius 1 is 1.00 bits per heavy atom. The first-order valence-corrected chi connectivity index (χ1v) is 14.2. The van der Waals surface area contributed by atoms with Crippen molar-refractivity contribution in [2.24, 2.45) is 10.1 Å². The number of aromatic hydroxyl groups is 1. The lowest BCUT2D eigenvalue weighted by Crippen LogP contribution is -2.22. The topological polar surface area (TPSA) is 87.4 Å². The zero-order valence-corrected chi connectivity index (χ0v) is 23.6. The molecule has 1 unspecified atom stereocenters. The van der Waals surface area contributed by atoms with E-state index in [0.29, 0.717) is 32.6 Å². The Morgan fingerprint density at radius 3 is 2.60 bits per heavy atom. The summed E-state index contributed by atoms with van der Waals surface area (Å²) < 4.78 is 6.19. The Labute approximate surface area is 241 Å². The van der Waals surface area contributed by atoms with Gasteiger partial charge in [0, 0.05) is 16.1 Å². The SMILES string of the molecule is COc1ccc(C2CC(c3ccc4ccccc4c3)=NN2c2nc(O)c(C3=c4cc(Br)ccc4=NC3=O)s2)cc1. The summed E-state index contributed by atoms with van der Waals surface area (Å²) in [7, 11) is 1.64. The molecule has 2 aliphatic heterocycles. The van der Waals surface area contributed by atoms with Crippen LogP contribution in [0.3, 0.4) is 0 Å². The van der Waals surface area contributed by atoms with E-state index >= 15 is 0 Å². The van der Waals surface area contributed by atoms with Crippen molar-refractivity contribution in [3.8, 4) is 11.6 Å². The molecule has 0 bridgehead atoms. The molecule has 1 aromatic heterocycles. The van der Waals surface area contributed by atoms with E-state index in [1.165, 1.54) is 16.7 Å². The lowest BCUT2D eigenvalue weighted by Gasteiger charge is -2.21. The molecule has 196 valence electrons. The second-order valence-electron chi connectivity index (χ2n) is 9.55. The van der Waals surface area contributed by atoms with Crippen LogP contribution in [0.5, 0.6) is 11.6 Å².